The molecule has 0 aliphatic rings. The van der Waals surface area contributed by atoms with Crippen molar-refractivity contribution in [3.63, 3.8) is 0 Å². The smallest absolute Gasteiger partial charge is 0.156 e. The Kier molecular flexibility index (Phi) is 5.19. The van der Waals surface area contributed by atoms with Gasteiger partial charge in [0.1, 0.15) is 17.3 Å². The Morgan fingerprint density at radius 3 is 2.44 bits per heavy atom. The maximum atomic E-state index is 11.0. The van der Waals surface area contributed by atoms with E-state index in [9.17, 15) is 4.79 Å². The quantitative estimate of drug-likeness (QED) is 0.567. The van der Waals surface area contributed by atoms with Crippen molar-refractivity contribution < 1.29 is 4.79 Å². The summed E-state index contributed by atoms with van der Waals surface area (Å²) in [7, 11) is 0. The maximum absolute atomic E-state index is 11.0. The minimum Gasteiger partial charge on any atom is -0.356 e. The fourth-order valence-electron chi connectivity index (χ4n) is 1.58. The van der Waals surface area contributed by atoms with Gasteiger partial charge in [0.25, 0.3) is 0 Å². The van der Waals surface area contributed by atoms with Gasteiger partial charge in [0.2, 0.25) is 0 Å². The number of rotatable bonds is 6. The number of nitrogens with zero attached hydrogens (tertiary/aromatic N) is 3. The lowest BCUT2D eigenvalue weighted by atomic mass is 10.2. The van der Waals surface area contributed by atoms with Crippen molar-refractivity contribution >= 4 is 23.7 Å². The summed E-state index contributed by atoms with van der Waals surface area (Å²) < 4.78 is 0. The van der Waals surface area contributed by atoms with Crippen molar-refractivity contribution in [2.24, 2.45) is 0 Å². The van der Waals surface area contributed by atoms with E-state index in [2.05, 4.69) is 28.7 Å². The first-order valence-electron chi connectivity index (χ1n) is 5.45. The van der Waals surface area contributed by atoms with Gasteiger partial charge in [0.15, 0.2) is 6.29 Å². The second-order valence-electron chi connectivity index (χ2n) is 3.51. The molecule has 0 N–H and O–H groups in total. The number of hydrogen-bond donors (Lipinski definition) is 0. The molecule has 0 saturated heterocycles. The molecule has 0 aliphatic heterocycles. The normalized spacial score (nSPS) is 10.2. The molecule has 88 valence electrons. The Hall–Kier alpha value is -1.16. The van der Waals surface area contributed by atoms with Crippen molar-refractivity contribution in [1.29, 1.82) is 0 Å². The van der Waals surface area contributed by atoms with E-state index < -0.39 is 0 Å². The molecule has 0 aromatic carbocycles. The van der Waals surface area contributed by atoms with E-state index in [-0.39, 0.29) is 5.15 Å². The minimum absolute atomic E-state index is 0.220. The van der Waals surface area contributed by atoms with Gasteiger partial charge < -0.3 is 4.90 Å². The minimum atomic E-state index is 0.220. The molecule has 16 heavy (non-hydrogen) atoms. The van der Waals surface area contributed by atoms with Gasteiger partial charge in [-0.2, -0.15) is 0 Å². The van der Waals surface area contributed by atoms with E-state index in [4.69, 9.17) is 11.6 Å². The van der Waals surface area contributed by atoms with Crippen molar-refractivity contribution in [3.8, 4) is 0 Å². The maximum Gasteiger partial charge on any atom is 0.156 e. The molecule has 0 atom stereocenters. The Bertz CT molecular complexity index is 351. The molecule has 1 rings (SSSR count). The molecule has 0 radical (unpaired) electrons. The number of aromatic nitrogens is 2. The molecule has 0 saturated carbocycles. The molecule has 1 aromatic rings. The Labute approximate surface area is 101 Å². The molecule has 0 fully saturated rings. The molecule has 5 heteroatoms. The zero-order chi connectivity index (χ0) is 12.0. The van der Waals surface area contributed by atoms with Gasteiger partial charge >= 0.3 is 0 Å². The zero-order valence-electron chi connectivity index (χ0n) is 9.61. The predicted molar refractivity (Wildman–Crippen MR) is 65.2 cm³/mol. The van der Waals surface area contributed by atoms with E-state index in [1.807, 2.05) is 0 Å². The average molecular weight is 242 g/mol. The highest BCUT2D eigenvalue weighted by Gasteiger charge is 2.14. The third kappa shape index (κ3) is 2.92. The second-order valence-corrected chi connectivity index (χ2v) is 3.86. The number of aldehydes is 1. The van der Waals surface area contributed by atoms with E-state index in [1.165, 1.54) is 6.33 Å². The average Bonchev–Trinajstić information content (AvgIpc) is 2.28. The molecule has 0 aliphatic carbocycles. The van der Waals surface area contributed by atoms with E-state index in [1.54, 1.807) is 0 Å². The monoisotopic (exact) mass is 241 g/mol. The summed E-state index contributed by atoms with van der Waals surface area (Å²) in [6.07, 6.45) is 4.11. The van der Waals surface area contributed by atoms with Gasteiger partial charge in [-0.25, -0.2) is 9.97 Å². The number of halogens is 1. The van der Waals surface area contributed by atoms with E-state index in [0.29, 0.717) is 11.4 Å². The highest BCUT2D eigenvalue weighted by atomic mass is 35.5. The van der Waals surface area contributed by atoms with Gasteiger partial charge in [-0.05, 0) is 12.8 Å². The van der Waals surface area contributed by atoms with Gasteiger partial charge in [0.05, 0.1) is 5.56 Å². The third-order valence-corrected chi connectivity index (χ3v) is 2.52. The second kappa shape index (κ2) is 6.43. The standard InChI is InChI=1S/C11H16ClN3O/c1-3-5-15(6-4-2)11-9(7-16)10(12)13-8-14-11/h7-8H,3-6H2,1-2H3. The van der Waals surface area contributed by atoms with Crippen LogP contribution in [0.1, 0.15) is 37.0 Å². The summed E-state index contributed by atoms with van der Waals surface area (Å²) in [5, 5.41) is 0.220. The molecule has 0 spiro atoms. The zero-order valence-corrected chi connectivity index (χ0v) is 10.4. The lowest BCUT2D eigenvalue weighted by Gasteiger charge is -2.23. The summed E-state index contributed by atoms with van der Waals surface area (Å²) in [5.41, 5.74) is 0.381. The number of hydrogen-bond acceptors (Lipinski definition) is 4. The Balaban J connectivity index is 3.07. The fourth-order valence-corrected chi connectivity index (χ4v) is 1.76. The van der Waals surface area contributed by atoms with Crippen LogP contribution in [0, 0.1) is 0 Å². The molecular weight excluding hydrogens is 226 g/mol. The van der Waals surface area contributed by atoms with Crippen LogP contribution in [0.4, 0.5) is 5.82 Å². The van der Waals surface area contributed by atoms with Gasteiger partial charge in [-0.1, -0.05) is 25.4 Å². The van der Waals surface area contributed by atoms with Gasteiger partial charge in [-0.3, -0.25) is 4.79 Å². The van der Waals surface area contributed by atoms with E-state index >= 15 is 0 Å². The summed E-state index contributed by atoms with van der Waals surface area (Å²) in [6, 6.07) is 0. The summed E-state index contributed by atoms with van der Waals surface area (Å²) in [5.74, 6) is 0.638. The molecule has 0 amide bonds. The molecule has 1 heterocycles. The van der Waals surface area contributed by atoms with Crippen molar-refractivity contribution in [2.75, 3.05) is 18.0 Å². The Morgan fingerprint density at radius 2 is 1.94 bits per heavy atom. The Morgan fingerprint density at radius 1 is 1.31 bits per heavy atom. The van der Waals surface area contributed by atoms with Crippen LogP contribution < -0.4 is 4.90 Å². The van der Waals surface area contributed by atoms with Crippen LogP contribution in [0.5, 0.6) is 0 Å². The van der Waals surface area contributed by atoms with Crippen molar-refractivity contribution in [3.05, 3.63) is 17.0 Å². The van der Waals surface area contributed by atoms with Crippen LogP contribution in [0.25, 0.3) is 0 Å². The lowest BCUT2D eigenvalue weighted by molar-refractivity contribution is 0.112. The first kappa shape index (κ1) is 12.9. The number of anilines is 1. The van der Waals surface area contributed by atoms with Crippen LogP contribution in [-0.2, 0) is 0 Å². The summed E-state index contributed by atoms with van der Waals surface area (Å²) in [4.78, 5) is 21.0. The van der Waals surface area contributed by atoms with Crippen LogP contribution in [0.3, 0.4) is 0 Å². The van der Waals surface area contributed by atoms with Crippen LogP contribution >= 0.6 is 11.6 Å². The fraction of sp³-hybridized carbons (Fsp3) is 0.545. The van der Waals surface area contributed by atoms with Crippen LogP contribution in [0.2, 0.25) is 5.15 Å². The predicted octanol–water partition coefficient (Wildman–Crippen LogP) is 2.57. The SMILES string of the molecule is CCCN(CCC)c1ncnc(Cl)c1C=O. The topological polar surface area (TPSA) is 46.1 Å². The highest BCUT2D eigenvalue weighted by Crippen LogP contribution is 2.21. The largest absolute Gasteiger partial charge is 0.356 e. The van der Waals surface area contributed by atoms with E-state index in [0.717, 1.165) is 32.2 Å². The molecule has 0 bridgehead atoms. The highest BCUT2D eigenvalue weighted by molar-refractivity contribution is 6.32. The molecular formula is C11H16ClN3O. The number of carbonyl (C=O) groups excluding carboxylic acids is 1. The molecule has 4 nitrogen and oxygen atoms in total. The number of carbonyl (C=O) groups is 1. The summed E-state index contributed by atoms with van der Waals surface area (Å²) in [6.45, 7) is 5.90. The van der Waals surface area contributed by atoms with Crippen molar-refractivity contribution in [2.45, 2.75) is 26.7 Å². The third-order valence-electron chi connectivity index (χ3n) is 2.22. The van der Waals surface area contributed by atoms with Gasteiger partial charge in [-0.15, -0.1) is 0 Å². The lowest BCUT2D eigenvalue weighted by Crippen LogP contribution is -2.27. The molecule has 0 unspecified atom stereocenters. The van der Waals surface area contributed by atoms with Crippen molar-refractivity contribution in [1.82, 2.24) is 9.97 Å². The summed E-state index contributed by atoms with van der Waals surface area (Å²) >= 11 is 5.86. The first-order valence-corrected chi connectivity index (χ1v) is 5.83. The van der Waals surface area contributed by atoms with Crippen LogP contribution in [0.15, 0.2) is 6.33 Å². The first-order chi connectivity index (χ1) is 7.74. The van der Waals surface area contributed by atoms with Gasteiger partial charge in [0, 0.05) is 13.1 Å². The molecule has 1 aromatic heterocycles. The van der Waals surface area contributed by atoms with Crippen LogP contribution in [-0.4, -0.2) is 29.3 Å².